The summed E-state index contributed by atoms with van der Waals surface area (Å²) in [5.41, 5.74) is -0.0428. The third kappa shape index (κ3) is 1.91. The molecule has 114 valence electrons. The highest BCUT2D eigenvalue weighted by Gasteiger charge is 2.37. The Bertz CT molecular complexity index is 960. The van der Waals surface area contributed by atoms with Gasteiger partial charge < -0.3 is 0 Å². The van der Waals surface area contributed by atoms with Crippen LogP contribution in [0.25, 0.3) is 16.7 Å². The maximum Gasteiger partial charge on any atom is 0.278 e. The van der Waals surface area contributed by atoms with Crippen LogP contribution in [0, 0.1) is 42.9 Å². The van der Waals surface area contributed by atoms with E-state index in [0.717, 1.165) is 0 Å². The molecule has 1 aliphatic carbocycles. The molecule has 0 fully saturated rings. The van der Waals surface area contributed by atoms with Crippen LogP contribution in [-0.4, -0.2) is 9.85 Å². The second-order valence-corrected chi connectivity index (χ2v) is 4.89. The van der Waals surface area contributed by atoms with Crippen molar-refractivity contribution in [3.05, 3.63) is 73.3 Å². The smallest absolute Gasteiger partial charge is 0.258 e. The molecule has 0 N–H and O–H groups in total. The largest absolute Gasteiger partial charge is 0.278 e. The molecule has 0 radical (unpaired) electrons. The lowest BCUT2D eigenvalue weighted by molar-refractivity contribution is -0.386. The number of benzene rings is 2. The number of hydrogen-bond donors (Lipinski definition) is 0. The lowest BCUT2D eigenvalue weighted by Gasteiger charge is -2.02. The Kier molecular flexibility index (Phi) is 3.29. The van der Waals surface area contributed by atoms with Gasteiger partial charge in [0, 0.05) is 17.7 Å². The van der Waals surface area contributed by atoms with Crippen LogP contribution in [0.4, 0.5) is 11.4 Å². The molecular weight excluding hydrogens is 312 g/mol. The summed E-state index contributed by atoms with van der Waals surface area (Å²) in [5.74, 6) is 0. The minimum absolute atomic E-state index is 0.0581. The predicted molar refractivity (Wildman–Crippen MR) is 82.4 cm³/mol. The third-order valence-corrected chi connectivity index (χ3v) is 3.74. The number of hydrogen-bond acceptors (Lipinski definition) is 6. The minimum atomic E-state index is -0.638. The van der Waals surface area contributed by atoms with E-state index in [9.17, 15) is 30.8 Å². The zero-order chi connectivity index (χ0) is 17.4. The van der Waals surface area contributed by atoms with E-state index in [1.54, 1.807) is 12.1 Å². The number of nitro groups is 2. The van der Waals surface area contributed by atoms with Crippen LogP contribution in [-0.2, 0) is 0 Å². The van der Waals surface area contributed by atoms with E-state index in [4.69, 9.17) is 0 Å². The third-order valence-electron chi connectivity index (χ3n) is 3.74. The molecule has 0 spiro atoms. The van der Waals surface area contributed by atoms with E-state index < -0.39 is 9.85 Å². The van der Waals surface area contributed by atoms with Crippen molar-refractivity contribution >= 4 is 16.9 Å². The summed E-state index contributed by atoms with van der Waals surface area (Å²) in [6.07, 6.45) is 0. The van der Waals surface area contributed by atoms with Crippen molar-refractivity contribution < 1.29 is 9.85 Å². The van der Waals surface area contributed by atoms with Gasteiger partial charge >= 0.3 is 0 Å². The topological polar surface area (TPSA) is 134 Å². The van der Waals surface area contributed by atoms with Crippen LogP contribution in [0.15, 0.2) is 42.0 Å². The average molecular weight is 318 g/mol. The molecule has 8 nitrogen and oxygen atoms in total. The number of nitriles is 2. The molecule has 2 aromatic carbocycles. The maximum atomic E-state index is 11.4. The van der Waals surface area contributed by atoms with Gasteiger partial charge in [0.1, 0.15) is 17.7 Å². The summed E-state index contributed by atoms with van der Waals surface area (Å²) in [6.45, 7) is 0. The minimum Gasteiger partial charge on any atom is -0.258 e. The van der Waals surface area contributed by atoms with Gasteiger partial charge in [-0.2, -0.15) is 10.5 Å². The Morgan fingerprint density at radius 1 is 0.833 bits per heavy atom. The Hall–Kier alpha value is -4.04. The second kappa shape index (κ2) is 5.30. The molecule has 0 unspecified atom stereocenters. The van der Waals surface area contributed by atoms with E-state index in [1.807, 2.05) is 0 Å². The molecule has 0 amide bonds. The molecule has 0 bridgehead atoms. The molecule has 0 saturated carbocycles. The second-order valence-electron chi connectivity index (χ2n) is 4.89. The fraction of sp³-hybridized carbons (Fsp3) is 0. The SMILES string of the molecule is N#CC(C#N)=C1c2cccc([N+](=O)[O-])c2-c2c1cccc2[N+](=O)[O-]. The molecule has 0 aromatic heterocycles. The summed E-state index contributed by atoms with van der Waals surface area (Å²) in [5, 5.41) is 41.1. The van der Waals surface area contributed by atoms with Gasteiger partial charge in [0.25, 0.3) is 11.4 Å². The first-order valence-electron chi connectivity index (χ1n) is 6.61. The van der Waals surface area contributed by atoms with E-state index in [0.29, 0.717) is 0 Å². The van der Waals surface area contributed by atoms with E-state index in [1.165, 1.54) is 36.4 Å². The molecular formula is C16H6N4O4. The molecule has 2 aromatic rings. The molecule has 0 aliphatic heterocycles. The van der Waals surface area contributed by atoms with Crippen LogP contribution in [0.3, 0.4) is 0 Å². The van der Waals surface area contributed by atoms with Crippen molar-refractivity contribution in [2.24, 2.45) is 0 Å². The van der Waals surface area contributed by atoms with Gasteiger partial charge in [0.15, 0.2) is 0 Å². The summed E-state index contributed by atoms with van der Waals surface area (Å²) in [4.78, 5) is 21.4. The lowest BCUT2D eigenvalue weighted by Crippen LogP contribution is -1.95. The monoisotopic (exact) mass is 318 g/mol. The van der Waals surface area contributed by atoms with Crippen LogP contribution < -0.4 is 0 Å². The van der Waals surface area contributed by atoms with Gasteiger partial charge in [0.2, 0.25) is 0 Å². The molecule has 0 saturated heterocycles. The normalized spacial score (nSPS) is 11.0. The average Bonchev–Trinajstić information content (AvgIpc) is 2.90. The van der Waals surface area contributed by atoms with Gasteiger partial charge in [-0.1, -0.05) is 24.3 Å². The number of fused-ring (bicyclic) bond motifs is 3. The predicted octanol–water partition coefficient (Wildman–Crippen LogP) is 3.33. The van der Waals surface area contributed by atoms with Crippen LogP contribution in [0.5, 0.6) is 0 Å². The van der Waals surface area contributed by atoms with Crippen LogP contribution in [0.2, 0.25) is 0 Å². The van der Waals surface area contributed by atoms with Gasteiger partial charge in [0.05, 0.1) is 21.0 Å². The highest BCUT2D eigenvalue weighted by molar-refractivity contribution is 6.09. The summed E-state index contributed by atoms with van der Waals surface area (Å²) < 4.78 is 0. The molecule has 3 rings (SSSR count). The van der Waals surface area contributed by atoms with Crippen molar-refractivity contribution in [1.82, 2.24) is 0 Å². The van der Waals surface area contributed by atoms with Gasteiger partial charge in [-0.3, -0.25) is 20.2 Å². The Balaban J connectivity index is 2.58. The number of allylic oxidation sites excluding steroid dienone is 1. The van der Waals surface area contributed by atoms with Crippen molar-refractivity contribution in [3.8, 4) is 23.3 Å². The van der Waals surface area contributed by atoms with Crippen LogP contribution >= 0.6 is 0 Å². The first-order chi connectivity index (χ1) is 11.5. The van der Waals surface area contributed by atoms with Gasteiger partial charge in [-0.15, -0.1) is 0 Å². The zero-order valence-corrected chi connectivity index (χ0v) is 11.9. The van der Waals surface area contributed by atoms with E-state index in [-0.39, 0.29) is 44.8 Å². The van der Waals surface area contributed by atoms with Crippen molar-refractivity contribution in [2.45, 2.75) is 0 Å². The summed E-state index contributed by atoms with van der Waals surface area (Å²) in [6, 6.07) is 11.8. The summed E-state index contributed by atoms with van der Waals surface area (Å²) in [7, 11) is 0. The summed E-state index contributed by atoms with van der Waals surface area (Å²) >= 11 is 0. The number of rotatable bonds is 2. The zero-order valence-electron chi connectivity index (χ0n) is 11.9. The van der Waals surface area contributed by atoms with Crippen molar-refractivity contribution in [3.63, 3.8) is 0 Å². The number of nitrogens with zero attached hydrogens (tertiary/aromatic N) is 4. The molecule has 0 heterocycles. The van der Waals surface area contributed by atoms with Crippen molar-refractivity contribution in [1.29, 1.82) is 10.5 Å². The standard InChI is InChI=1S/C16H6N4O4/c17-7-9(8-18)14-10-3-1-5-12(19(21)22)15(10)16-11(14)4-2-6-13(16)20(23)24/h1-6H. The molecule has 8 heteroatoms. The lowest BCUT2D eigenvalue weighted by atomic mass is 9.99. The molecule has 1 aliphatic rings. The fourth-order valence-electron chi connectivity index (χ4n) is 2.88. The quantitative estimate of drug-likeness (QED) is 0.404. The van der Waals surface area contributed by atoms with Crippen LogP contribution in [0.1, 0.15) is 11.1 Å². The van der Waals surface area contributed by atoms with Gasteiger partial charge in [-0.25, -0.2) is 0 Å². The van der Waals surface area contributed by atoms with Gasteiger partial charge in [-0.05, 0) is 11.1 Å². The maximum absolute atomic E-state index is 11.4. The Morgan fingerprint density at radius 2 is 1.25 bits per heavy atom. The van der Waals surface area contributed by atoms with Crippen molar-refractivity contribution in [2.75, 3.05) is 0 Å². The Labute approximate surface area is 134 Å². The first kappa shape index (κ1) is 14.9. The first-order valence-corrected chi connectivity index (χ1v) is 6.61. The highest BCUT2D eigenvalue weighted by atomic mass is 16.6. The van der Waals surface area contributed by atoms with E-state index in [2.05, 4.69) is 0 Å². The number of nitro benzene ring substituents is 2. The Morgan fingerprint density at radius 3 is 1.58 bits per heavy atom. The molecule has 24 heavy (non-hydrogen) atoms. The highest BCUT2D eigenvalue weighted by Crippen LogP contribution is 2.52. The fourth-order valence-corrected chi connectivity index (χ4v) is 2.88. The molecule has 0 atom stereocenters. The van der Waals surface area contributed by atoms with E-state index >= 15 is 0 Å².